The lowest BCUT2D eigenvalue weighted by Crippen LogP contribution is -2.12. The second-order valence-corrected chi connectivity index (χ2v) is 8.10. The van der Waals surface area contributed by atoms with E-state index in [-0.39, 0.29) is 0 Å². The van der Waals surface area contributed by atoms with Crippen molar-refractivity contribution in [2.24, 2.45) is 4.99 Å². The Hall–Kier alpha value is -1.98. The van der Waals surface area contributed by atoms with Gasteiger partial charge in [-0.25, -0.2) is 0 Å². The first-order chi connectivity index (χ1) is 11.9. The molecule has 0 aliphatic heterocycles. The van der Waals surface area contributed by atoms with Crippen molar-refractivity contribution in [2.75, 3.05) is 6.54 Å². The van der Waals surface area contributed by atoms with Crippen molar-refractivity contribution in [3.05, 3.63) is 83.7 Å². The zero-order valence-corrected chi connectivity index (χ0v) is 15.1. The summed E-state index contributed by atoms with van der Waals surface area (Å²) in [7, 11) is -0.514. The van der Waals surface area contributed by atoms with E-state index in [4.69, 9.17) is 0 Å². The second kappa shape index (κ2) is 8.76. The molecule has 0 radical (unpaired) electrons. The summed E-state index contributed by atoms with van der Waals surface area (Å²) < 4.78 is 0. The van der Waals surface area contributed by atoms with E-state index in [1.165, 1.54) is 34.3 Å². The lowest BCUT2D eigenvalue weighted by Gasteiger charge is -2.20. The minimum absolute atomic E-state index is 0.514. The lowest BCUT2D eigenvalue weighted by atomic mass is 10.2. The van der Waals surface area contributed by atoms with Gasteiger partial charge in [0.25, 0.3) is 0 Å². The van der Waals surface area contributed by atoms with Crippen LogP contribution in [0.1, 0.15) is 26.2 Å². The maximum Gasteiger partial charge on any atom is 0.0389 e. The van der Waals surface area contributed by atoms with E-state index in [0.29, 0.717) is 0 Å². The first-order valence-corrected chi connectivity index (χ1v) is 10.0. The Morgan fingerprint density at radius 2 is 1.58 bits per heavy atom. The van der Waals surface area contributed by atoms with Gasteiger partial charge in [0.2, 0.25) is 0 Å². The van der Waals surface area contributed by atoms with E-state index >= 15 is 0 Å². The van der Waals surface area contributed by atoms with Crippen LogP contribution >= 0.6 is 7.92 Å². The largest absolute Gasteiger partial charge is 0.293 e. The van der Waals surface area contributed by atoms with Crippen LogP contribution in [0.4, 0.5) is 0 Å². The monoisotopic (exact) mass is 333 g/mol. The minimum atomic E-state index is -0.514. The van der Waals surface area contributed by atoms with Crippen LogP contribution in [0, 0.1) is 0 Å². The second-order valence-electron chi connectivity index (χ2n) is 5.91. The summed E-state index contributed by atoms with van der Waals surface area (Å²) in [4.78, 5) is 4.65. The average Bonchev–Trinajstić information content (AvgIpc) is 3.09. The highest BCUT2D eigenvalue weighted by atomic mass is 31.1. The molecule has 1 aliphatic carbocycles. The number of nitrogens with zero attached hydrogens (tertiary/aromatic N) is 1. The Kier molecular flexibility index (Phi) is 6.15. The third kappa shape index (κ3) is 4.10. The summed E-state index contributed by atoms with van der Waals surface area (Å²) in [6.45, 7) is 3.14. The molecule has 0 atom stereocenters. The van der Waals surface area contributed by atoms with Gasteiger partial charge in [0.15, 0.2) is 0 Å². The Morgan fingerprint density at radius 1 is 0.958 bits per heavy atom. The fraction of sp³-hybridized carbons (Fsp3) is 0.227. The number of hydrogen-bond acceptors (Lipinski definition) is 1. The number of hydrogen-bond donors (Lipinski definition) is 0. The predicted molar refractivity (Wildman–Crippen MR) is 108 cm³/mol. The molecule has 3 rings (SSSR count). The highest BCUT2D eigenvalue weighted by Crippen LogP contribution is 2.47. The fourth-order valence-corrected chi connectivity index (χ4v) is 5.34. The van der Waals surface area contributed by atoms with Gasteiger partial charge in [-0.05, 0) is 42.3 Å². The van der Waals surface area contributed by atoms with Crippen molar-refractivity contribution in [3.63, 3.8) is 0 Å². The first-order valence-electron chi connectivity index (χ1n) is 8.70. The molecular formula is C22H24NP. The van der Waals surface area contributed by atoms with Crippen LogP contribution in [0.25, 0.3) is 0 Å². The molecule has 0 spiro atoms. The number of allylic oxidation sites excluding steroid dienone is 4. The molecule has 2 heteroatoms. The van der Waals surface area contributed by atoms with Crippen LogP contribution in [-0.2, 0) is 0 Å². The highest BCUT2D eigenvalue weighted by Gasteiger charge is 2.21. The van der Waals surface area contributed by atoms with Crippen molar-refractivity contribution in [1.82, 2.24) is 0 Å². The number of unbranched alkanes of at least 4 members (excludes halogenated alkanes) is 1. The molecule has 2 aromatic carbocycles. The highest BCUT2D eigenvalue weighted by molar-refractivity contribution is 7.77. The van der Waals surface area contributed by atoms with Crippen molar-refractivity contribution in [3.8, 4) is 0 Å². The van der Waals surface area contributed by atoms with E-state index < -0.39 is 7.92 Å². The smallest absolute Gasteiger partial charge is 0.0389 e. The third-order valence-electron chi connectivity index (χ3n) is 4.10. The third-order valence-corrected chi connectivity index (χ3v) is 6.65. The zero-order valence-electron chi connectivity index (χ0n) is 14.2. The minimum Gasteiger partial charge on any atom is -0.293 e. The van der Waals surface area contributed by atoms with Crippen molar-refractivity contribution in [2.45, 2.75) is 26.2 Å². The van der Waals surface area contributed by atoms with Gasteiger partial charge in [-0.3, -0.25) is 4.99 Å². The summed E-state index contributed by atoms with van der Waals surface area (Å²) in [6, 6.07) is 21.8. The standard InChI is InChI=1S/C22H24NP/c1-2-3-17-23-18-19-11-10-16-22(19)24(20-12-6-4-7-13-20)21-14-8-5-9-15-21/h4-10,12-16,18H,2-3,11,17H2,1H3. The van der Waals surface area contributed by atoms with Crippen molar-refractivity contribution in [1.29, 1.82) is 0 Å². The summed E-state index contributed by atoms with van der Waals surface area (Å²) in [5.74, 6) is 0. The van der Waals surface area contributed by atoms with Crippen LogP contribution in [0.15, 0.2) is 88.7 Å². The van der Waals surface area contributed by atoms with Crippen LogP contribution in [-0.4, -0.2) is 12.8 Å². The van der Waals surface area contributed by atoms with Gasteiger partial charge in [-0.2, -0.15) is 0 Å². The summed E-state index contributed by atoms with van der Waals surface area (Å²) in [6.07, 6.45) is 10.1. The van der Waals surface area contributed by atoms with Crippen LogP contribution < -0.4 is 10.6 Å². The molecule has 0 amide bonds. The van der Waals surface area contributed by atoms with E-state index in [1.54, 1.807) is 0 Å². The topological polar surface area (TPSA) is 12.4 Å². The summed E-state index contributed by atoms with van der Waals surface area (Å²) in [5.41, 5.74) is 1.38. The predicted octanol–water partition coefficient (Wildman–Crippen LogP) is 5.20. The van der Waals surface area contributed by atoms with Gasteiger partial charge in [-0.1, -0.05) is 86.2 Å². The van der Waals surface area contributed by atoms with Gasteiger partial charge in [-0.15, -0.1) is 0 Å². The van der Waals surface area contributed by atoms with Gasteiger partial charge in [0.05, 0.1) is 0 Å². The normalized spacial score (nSPS) is 14.2. The Morgan fingerprint density at radius 3 is 2.17 bits per heavy atom. The number of rotatable bonds is 7. The Bertz CT molecular complexity index is 690. The van der Waals surface area contributed by atoms with Gasteiger partial charge < -0.3 is 0 Å². The van der Waals surface area contributed by atoms with Crippen LogP contribution in [0.5, 0.6) is 0 Å². The molecule has 0 saturated heterocycles. The summed E-state index contributed by atoms with van der Waals surface area (Å²) in [5, 5.41) is 4.25. The lowest BCUT2D eigenvalue weighted by molar-refractivity contribution is 0.810. The van der Waals surface area contributed by atoms with Gasteiger partial charge >= 0.3 is 0 Å². The van der Waals surface area contributed by atoms with Gasteiger partial charge in [0.1, 0.15) is 0 Å². The summed E-state index contributed by atoms with van der Waals surface area (Å²) >= 11 is 0. The Balaban J connectivity index is 1.98. The van der Waals surface area contributed by atoms with E-state index in [0.717, 1.165) is 13.0 Å². The molecule has 0 fully saturated rings. The number of aliphatic imine (C=N–C) groups is 1. The molecule has 0 saturated carbocycles. The SMILES string of the molecule is CCCCN=CC1=C(P(c2ccccc2)c2ccccc2)C=CC1. The molecule has 24 heavy (non-hydrogen) atoms. The molecule has 0 heterocycles. The molecule has 1 aliphatic rings. The molecule has 1 nitrogen and oxygen atoms in total. The quantitative estimate of drug-likeness (QED) is 0.375. The average molecular weight is 333 g/mol. The van der Waals surface area contributed by atoms with Crippen molar-refractivity contribution < 1.29 is 0 Å². The molecule has 0 unspecified atom stereocenters. The first kappa shape index (κ1) is 16.9. The van der Waals surface area contributed by atoms with Crippen LogP contribution in [0.2, 0.25) is 0 Å². The van der Waals surface area contributed by atoms with Crippen LogP contribution in [0.3, 0.4) is 0 Å². The molecule has 0 aromatic heterocycles. The fourth-order valence-electron chi connectivity index (χ4n) is 2.85. The van der Waals surface area contributed by atoms with E-state index in [1.807, 2.05) is 0 Å². The van der Waals surface area contributed by atoms with Gasteiger partial charge in [0, 0.05) is 12.8 Å². The maximum atomic E-state index is 4.65. The van der Waals surface area contributed by atoms with E-state index in [2.05, 4.69) is 90.9 Å². The zero-order chi connectivity index (χ0) is 16.6. The molecule has 122 valence electrons. The number of benzene rings is 2. The van der Waals surface area contributed by atoms with E-state index in [9.17, 15) is 0 Å². The molecule has 2 aromatic rings. The molecule has 0 N–H and O–H groups in total. The Labute approximate surface area is 146 Å². The maximum absolute atomic E-state index is 4.65. The molecule has 0 bridgehead atoms. The van der Waals surface area contributed by atoms with Crippen molar-refractivity contribution >= 4 is 24.7 Å². The molecular weight excluding hydrogens is 309 g/mol.